The summed E-state index contributed by atoms with van der Waals surface area (Å²) in [7, 11) is 2.14. The lowest BCUT2D eigenvalue weighted by Gasteiger charge is -2.34. The molecule has 190 valence electrons. The summed E-state index contributed by atoms with van der Waals surface area (Å²) in [5, 5.41) is 3.25. The Bertz CT molecular complexity index is 1200. The number of benzene rings is 1. The van der Waals surface area contributed by atoms with E-state index in [0.29, 0.717) is 16.9 Å². The number of ether oxygens (including phenoxy) is 1. The zero-order chi connectivity index (χ0) is 25.1. The van der Waals surface area contributed by atoms with Crippen molar-refractivity contribution < 1.29 is 18.3 Å². The largest absolute Gasteiger partial charge is 0.373 e. The Morgan fingerprint density at radius 3 is 2.61 bits per heavy atom. The first-order valence-corrected chi connectivity index (χ1v) is 12.1. The minimum absolute atomic E-state index is 0.0905. The summed E-state index contributed by atoms with van der Waals surface area (Å²) in [6.07, 6.45) is -0.233. The summed E-state index contributed by atoms with van der Waals surface area (Å²) in [5.74, 6) is -0.639. The third kappa shape index (κ3) is 5.36. The number of aromatic nitrogens is 3. The molecule has 1 atom stereocenters. The molecule has 9 nitrogen and oxygen atoms in total. The van der Waals surface area contributed by atoms with Gasteiger partial charge in [0.25, 0.3) is 5.91 Å². The number of fused-ring (bicyclic) bond motifs is 1. The second kappa shape index (κ2) is 10.7. The highest BCUT2D eigenvalue weighted by Crippen LogP contribution is 2.27. The molecule has 0 saturated carbocycles. The van der Waals surface area contributed by atoms with Crippen molar-refractivity contribution in [2.45, 2.75) is 12.5 Å². The van der Waals surface area contributed by atoms with E-state index in [1.54, 1.807) is 12.4 Å². The monoisotopic (exact) mass is 497 g/mol. The van der Waals surface area contributed by atoms with Crippen LogP contribution >= 0.6 is 0 Å². The number of amides is 1. The number of nitrogens with one attached hydrogen (secondary N) is 1. The van der Waals surface area contributed by atoms with Gasteiger partial charge in [-0.15, -0.1) is 0 Å². The molecule has 0 aliphatic carbocycles. The van der Waals surface area contributed by atoms with E-state index in [4.69, 9.17) is 9.72 Å². The lowest BCUT2D eigenvalue weighted by Crippen LogP contribution is -2.49. The summed E-state index contributed by atoms with van der Waals surface area (Å²) in [6, 6.07) is 10.2. The van der Waals surface area contributed by atoms with E-state index in [1.807, 2.05) is 6.07 Å². The first-order chi connectivity index (χ1) is 17.5. The van der Waals surface area contributed by atoms with E-state index in [2.05, 4.69) is 56.4 Å². The maximum absolute atomic E-state index is 12.8. The van der Waals surface area contributed by atoms with Crippen LogP contribution in [0.1, 0.15) is 0 Å². The van der Waals surface area contributed by atoms with Gasteiger partial charge in [0.2, 0.25) is 0 Å². The number of carbonyl (C=O) groups excluding carboxylic acids is 1. The summed E-state index contributed by atoms with van der Waals surface area (Å²) in [4.78, 5) is 31.2. The van der Waals surface area contributed by atoms with E-state index < -0.39 is 18.4 Å². The number of rotatable bonds is 6. The third-order valence-electron chi connectivity index (χ3n) is 6.62. The van der Waals surface area contributed by atoms with Gasteiger partial charge >= 0.3 is 6.43 Å². The fourth-order valence-corrected chi connectivity index (χ4v) is 4.54. The second-order valence-electron chi connectivity index (χ2n) is 9.08. The lowest BCUT2D eigenvalue weighted by molar-refractivity contribution is -0.149. The predicted molar refractivity (Wildman–Crippen MR) is 133 cm³/mol. The van der Waals surface area contributed by atoms with Crippen molar-refractivity contribution in [1.29, 1.82) is 0 Å². The molecule has 2 aliphatic heterocycles. The van der Waals surface area contributed by atoms with Gasteiger partial charge in [-0.25, -0.2) is 9.97 Å². The molecule has 4 heterocycles. The number of nitrogens with zero attached hydrogens (tertiary/aromatic N) is 6. The molecule has 3 aromatic rings. The number of alkyl halides is 2. The number of halogens is 2. The standard InChI is InChI=1S/C25H29F2N7O2/c1-32-8-10-33(11-9-32)18-4-2-17(3-5-18)20-14-21-22(29-7-6-28-21)24(31-20)30-15-19-16-34(12-13-36-19)25(35)23(26)27/h2-7,14,19,23H,8-13,15-16H2,1H3,(H,30,31). The molecule has 2 aliphatic rings. The fourth-order valence-electron chi connectivity index (χ4n) is 4.54. The van der Waals surface area contributed by atoms with Gasteiger partial charge in [0.1, 0.15) is 5.52 Å². The Kier molecular flexibility index (Phi) is 7.19. The van der Waals surface area contributed by atoms with Crippen LogP contribution in [0.25, 0.3) is 22.3 Å². The highest BCUT2D eigenvalue weighted by Gasteiger charge is 2.29. The molecule has 2 fully saturated rings. The Labute approximate surface area is 208 Å². The Hall–Kier alpha value is -3.44. The van der Waals surface area contributed by atoms with Crippen LogP contribution < -0.4 is 10.2 Å². The molecule has 1 amide bonds. The van der Waals surface area contributed by atoms with Gasteiger partial charge in [-0.2, -0.15) is 8.78 Å². The maximum atomic E-state index is 12.8. The Morgan fingerprint density at radius 2 is 1.86 bits per heavy atom. The minimum atomic E-state index is -3.02. The molecule has 0 bridgehead atoms. The number of likely N-dealkylation sites (N-methyl/N-ethyl adjacent to an activating group) is 1. The molecular weight excluding hydrogens is 468 g/mol. The van der Waals surface area contributed by atoms with E-state index in [9.17, 15) is 13.6 Å². The SMILES string of the molecule is CN1CCN(c2ccc(-c3cc4nccnc4c(NCC4CN(C(=O)C(F)F)CCO4)n3)cc2)CC1. The molecule has 36 heavy (non-hydrogen) atoms. The molecule has 2 saturated heterocycles. The number of morpholine rings is 1. The van der Waals surface area contributed by atoms with Gasteiger partial charge < -0.3 is 24.8 Å². The molecule has 0 spiro atoms. The molecule has 1 aromatic carbocycles. The molecule has 1 N–H and O–H groups in total. The van der Waals surface area contributed by atoms with Crippen LogP contribution in [0.5, 0.6) is 0 Å². The first-order valence-electron chi connectivity index (χ1n) is 12.1. The average molecular weight is 498 g/mol. The van der Waals surface area contributed by atoms with Crippen LogP contribution in [0.4, 0.5) is 20.3 Å². The van der Waals surface area contributed by atoms with E-state index in [0.717, 1.165) is 42.3 Å². The number of carbonyl (C=O) groups is 1. The topological polar surface area (TPSA) is 86.7 Å². The van der Waals surface area contributed by atoms with Gasteiger partial charge in [0.15, 0.2) is 5.82 Å². The Morgan fingerprint density at radius 1 is 1.11 bits per heavy atom. The molecular formula is C25H29F2N7O2. The van der Waals surface area contributed by atoms with Crippen molar-refractivity contribution >= 4 is 28.4 Å². The number of hydrogen-bond acceptors (Lipinski definition) is 8. The van der Waals surface area contributed by atoms with E-state index in [-0.39, 0.29) is 26.2 Å². The van der Waals surface area contributed by atoms with Crippen molar-refractivity contribution in [3.8, 4) is 11.3 Å². The molecule has 11 heteroatoms. The van der Waals surface area contributed by atoms with Crippen LogP contribution in [0.2, 0.25) is 0 Å². The van der Waals surface area contributed by atoms with Gasteiger partial charge in [-0.05, 0) is 25.2 Å². The predicted octanol–water partition coefficient (Wildman–Crippen LogP) is 2.35. The smallest absolute Gasteiger partial charge is 0.315 e. The van der Waals surface area contributed by atoms with Crippen molar-refractivity contribution in [2.24, 2.45) is 0 Å². The van der Waals surface area contributed by atoms with Crippen LogP contribution in [0.3, 0.4) is 0 Å². The van der Waals surface area contributed by atoms with Gasteiger partial charge in [-0.1, -0.05) is 12.1 Å². The quantitative estimate of drug-likeness (QED) is 0.556. The van der Waals surface area contributed by atoms with E-state index >= 15 is 0 Å². The number of hydrogen-bond donors (Lipinski definition) is 1. The zero-order valence-electron chi connectivity index (χ0n) is 20.1. The molecule has 5 rings (SSSR count). The van der Waals surface area contributed by atoms with Gasteiger partial charge in [0.05, 0.1) is 23.9 Å². The van der Waals surface area contributed by atoms with Crippen molar-refractivity contribution in [3.05, 3.63) is 42.7 Å². The van der Waals surface area contributed by atoms with Crippen LogP contribution in [0, 0.1) is 0 Å². The highest BCUT2D eigenvalue weighted by atomic mass is 19.3. The number of piperazine rings is 1. The minimum Gasteiger partial charge on any atom is -0.373 e. The highest BCUT2D eigenvalue weighted by molar-refractivity contribution is 5.88. The van der Waals surface area contributed by atoms with Gasteiger partial charge in [0, 0.05) is 69.5 Å². The second-order valence-corrected chi connectivity index (χ2v) is 9.08. The van der Waals surface area contributed by atoms with Crippen molar-refractivity contribution in [2.75, 3.05) is 69.7 Å². The first kappa shape index (κ1) is 24.3. The van der Waals surface area contributed by atoms with Crippen LogP contribution in [0.15, 0.2) is 42.7 Å². The lowest BCUT2D eigenvalue weighted by atomic mass is 10.1. The van der Waals surface area contributed by atoms with Crippen molar-refractivity contribution in [3.63, 3.8) is 0 Å². The summed E-state index contributed by atoms with van der Waals surface area (Å²) < 4.78 is 31.4. The van der Waals surface area contributed by atoms with Gasteiger partial charge in [-0.3, -0.25) is 9.78 Å². The average Bonchev–Trinajstić information content (AvgIpc) is 2.92. The van der Waals surface area contributed by atoms with Crippen molar-refractivity contribution in [1.82, 2.24) is 24.8 Å². The normalized spacial score (nSPS) is 19.2. The number of pyridine rings is 1. The van der Waals surface area contributed by atoms with Crippen LogP contribution in [-0.2, 0) is 9.53 Å². The fraction of sp³-hybridized carbons (Fsp3) is 0.440. The van der Waals surface area contributed by atoms with Crippen LogP contribution in [-0.4, -0.2) is 103 Å². The zero-order valence-corrected chi connectivity index (χ0v) is 20.1. The molecule has 1 unspecified atom stereocenters. The maximum Gasteiger partial charge on any atom is 0.315 e. The van der Waals surface area contributed by atoms with E-state index in [1.165, 1.54) is 5.69 Å². The third-order valence-corrected chi connectivity index (χ3v) is 6.62. The Balaban J connectivity index is 1.33. The summed E-state index contributed by atoms with van der Waals surface area (Å²) >= 11 is 0. The number of anilines is 2. The molecule has 0 radical (unpaired) electrons. The molecule has 2 aromatic heterocycles. The summed E-state index contributed by atoms with van der Waals surface area (Å²) in [5.41, 5.74) is 4.17. The summed E-state index contributed by atoms with van der Waals surface area (Å²) in [6.45, 7) is 4.82.